The first-order chi connectivity index (χ1) is 6.73. The topological polar surface area (TPSA) is 43.1 Å². The molecule has 0 bridgehead atoms. The van der Waals surface area contributed by atoms with Crippen LogP contribution in [0.3, 0.4) is 0 Å². The fourth-order valence-corrected chi connectivity index (χ4v) is 1.12. The van der Waals surface area contributed by atoms with Gasteiger partial charge >= 0.3 is 6.18 Å². The standard InChI is InChI=1S/C9H7F4NO/c1-4-2-5(8(14)15)3-6(7(4)10)9(11,12)13/h2-3H,1H3,(H2,14,15). The Morgan fingerprint density at radius 2 is 1.87 bits per heavy atom. The Labute approximate surface area is 82.7 Å². The molecule has 0 spiro atoms. The largest absolute Gasteiger partial charge is 0.419 e. The predicted molar refractivity (Wildman–Crippen MR) is 44.7 cm³/mol. The number of carbonyl (C=O) groups is 1. The molecule has 0 unspecified atom stereocenters. The maximum atomic E-state index is 13.1. The molecule has 0 aromatic heterocycles. The molecule has 15 heavy (non-hydrogen) atoms. The lowest BCUT2D eigenvalue weighted by Gasteiger charge is -2.10. The highest BCUT2D eigenvalue weighted by molar-refractivity contribution is 5.93. The minimum Gasteiger partial charge on any atom is -0.366 e. The Hall–Kier alpha value is -1.59. The Kier molecular flexibility index (Phi) is 2.70. The summed E-state index contributed by atoms with van der Waals surface area (Å²) in [6.07, 6.45) is -4.83. The van der Waals surface area contributed by atoms with Crippen molar-refractivity contribution in [1.29, 1.82) is 0 Å². The van der Waals surface area contributed by atoms with Crippen LogP contribution in [-0.4, -0.2) is 5.91 Å². The Bertz CT molecular complexity index is 411. The third-order valence-corrected chi connectivity index (χ3v) is 1.84. The van der Waals surface area contributed by atoms with Gasteiger partial charge in [0.25, 0.3) is 0 Å². The fraction of sp³-hybridized carbons (Fsp3) is 0.222. The van der Waals surface area contributed by atoms with E-state index in [1.165, 1.54) is 0 Å². The van der Waals surface area contributed by atoms with Crippen molar-refractivity contribution in [3.05, 3.63) is 34.6 Å². The number of aryl methyl sites for hydroxylation is 1. The first-order valence-corrected chi connectivity index (χ1v) is 3.90. The summed E-state index contributed by atoms with van der Waals surface area (Å²) in [5, 5.41) is 0. The quantitative estimate of drug-likeness (QED) is 0.726. The van der Waals surface area contributed by atoms with Crippen molar-refractivity contribution in [3.63, 3.8) is 0 Å². The minimum atomic E-state index is -4.83. The van der Waals surface area contributed by atoms with E-state index in [9.17, 15) is 22.4 Å². The van der Waals surface area contributed by atoms with Gasteiger partial charge in [0.05, 0.1) is 5.56 Å². The minimum absolute atomic E-state index is 0.265. The van der Waals surface area contributed by atoms with Gasteiger partial charge in [0.2, 0.25) is 5.91 Å². The molecule has 0 saturated heterocycles. The van der Waals surface area contributed by atoms with E-state index in [2.05, 4.69) is 0 Å². The highest BCUT2D eigenvalue weighted by atomic mass is 19.4. The first-order valence-electron chi connectivity index (χ1n) is 3.90. The van der Waals surface area contributed by atoms with Crippen LogP contribution in [0.25, 0.3) is 0 Å². The van der Waals surface area contributed by atoms with Crippen molar-refractivity contribution in [2.75, 3.05) is 0 Å². The Balaban J connectivity index is 3.45. The molecule has 6 heteroatoms. The van der Waals surface area contributed by atoms with Crippen LogP contribution < -0.4 is 5.73 Å². The summed E-state index contributed by atoms with van der Waals surface area (Å²) in [5.41, 5.74) is 2.72. The van der Waals surface area contributed by atoms with Gasteiger partial charge in [-0.2, -0.15) is 13.2 Å². The third kappa shape index (κ3) is 2.26. The average Bonchev–Trinajstić information content (AvgIpc) is 2.06. The molecular formula is C9H7F4NO. The second kappa shape index (κ2) is 3.52. The molecule has 1 rings (SSSR count). The van der Waals surface area contributed by atoms with Gasteiger partial charge in [-0.15, -0.1) is 0 Å². The molecular weight excluding hydrogens is 214 g/mol. The molecule has 0 radical (unpaired) electrons. The molecule has 1 aromatic rings. The van der Waals surface area contributed by atoms with Gasteiger partial charge in [-0.1, -0.05) is 0 Å². The lowest BCUT2D eigenvalue weighted by Crippen LogP contribution is -2.16. The van der Waals surface area contributed by atoms with Crippen molar-refractivity contribution in [2.45, 2.75) is 13.1 Å². The predicted octanol–water partition coefficient (Wildman–Crippen LogP) is 2.25. The lowest BCUT2D eigenvalue weighted by atomic mass is 10.0. The summed E-state index contributed by atoms with van der Waals surface area (Å²) in [4.78, 5) is 10.7. The normalized spacial score (nSPS) is 11.5. The number of primary amides is 1. The SMILES string of the molecule is Cc1cc(C(N)=O)cc(C(F)(F)F)c1F. The molecule has 0 heterocycles. The van der Waals surface area contributed by atoms with Crippen LogP contribution in [0, 0.1) is 12.7 Å². The summed E-state index contributed by atoms with van der Waals surface area (Å²) < 4.78 is 49.9. The van der Waals surface area contributed by atoms with Gasteiger partial charge in [0, 0.05) is 5.56 Å². The number of amides is 1. The molecule has 0 aliphatic heterocycles. The molecule has 82 valence electrons. The zero-order valence-corrected chi connectivity index (χ0v) is 7.65. The number of benzene rings is 1. The highest BCUT2D eigenvalue weighted by Crippen LogP contribution is 2.33. The van der Waals surface area contributed by atoms with Crippen molar-refractivity contribution in [2.24, 2.45) is 5.73 Å². The number of alkyl halides is 3. The first kappa shape index (κ1) is 11.5. The number of hydrogen-bond donors (Lipinski definition) is 1. The van der Waals surface area contributed by atoms with Crippen molar-refractivity contribution >= 4 is 5.91 Å². The van der Waals surface area contributed by atoms with Gasteiger partial charge in [0.1, 0.15) is 5.82 Å². The van der Waals surface area contributed by atoms with Gasteiger partial charge < -0.3 is 5.73 Å². The Morgan fingerprint density at radius 1 is 1.33 bits per heavy atom. The van der Waals surface area contributed by atoms with Crippen LogP contribution in [0.15, 0.2) is 12.1 Å². The molecule has 1 amide bonds. The van der Waals surface area contributed by atoms with Crippen molar-refractivity contribution < 1.29 is 22.4 Å². The zero-order valence-electron chi connectivity index (χ0n) is 7.65. The number of rotatable bonds is 1. The summed E-state index contributed by atoms with van der Waals surface area (Å²) >= 11 is 0. The number of halogens is 4. The monoisotopic (exact) mass is 221 g/mol. The lowest BCUT2D eigenvalue weighted by molar-refractivity contribution is -0.140. The van der Waals surface area contributed by atoms with Crippen LogP contribution in [0.5, 0.6) is 0 Å². The Morgan fingerprint density at radius 3 is 2.27 bits per heavy atom. The summed E-state index contributed by atoms with van der Waals surface area (Å²) in [6.45, 7) is 1.14. The van der Waals surface area contributed by atoms with E-state index < -0.39 is 23.5 Å². The molecule has 2 N–H and O–H groups in total. The molecule has 0 aliphatic carbocycles. The summed E-state index contributed by atoms with van der Waals surface area (Å²) in [5.74, 6) is -2.41. The van der Waals surface area contributed by atoms with E-state index in [1.54, 1.807) is 0 Å². The smallest absolute Gasteiger partial charge is 0.366 e. The van der Waals surface area contributed by atoms with Crippen LogP contribution in [0.4, 0.5) is 17.6 Å². The number of hydrogen-bond acceptors (Lipinski definition) is 1. The second-order valence-corrected chi connectivity index (χ2v) is 3.02. The van der Waals surface area contributed by atoms with Crippen molar-refractivity contribution in [3.8, 4) is 0 Å². The van der Waals surface area contributed by atoms with E-state index in [1.807, 2.05) is 0 Å². The van der Waals surface area contributed by atoms with Crippen LogP contribution in [-0.2, 0) is 6.18 Å². The van der Waals surface area contributed by atoms with E-state index in [-0.39, 0.29) is 11.1 Å². The van der Waals surface area contributed by atoms with Gasteiger partial charge in [-0.3, -0.25) is 4.79 Å². The summed E-state index contributed by atoms with van der Waals surface area (Å²) in [6, 6.07) is 1.39. The van der Waals surface area contributed by atoms with Gasteiger partial charge in [-0.05, 0) is 24.6 Å². The molecule has 0 atom stereocenters. The van der Waals surface area contributed by atoms with Crippen LogP contribution >= 0.6 is 0 Å². The van der Waals surface area contributed by atoms with Crippen LogP contribution in [0.2, 0.25) is 0 Å². The van der Waals surface area contributed by atoms with Crippen LogP contribution in [0.1, 0.15) is 21.5 Å². The van der Waals surface area contributed by atoms with E-state index in [4.69, 9.17) is 5.73 Å². The maximum absolute atomic E-state index is 13.1. The van der Waals surface area contributed by atoms with Gasteiger partial charge in [0.15, 0.2) is 0 Å². The average molecular weight is 221 g/mol. The summed E-state index contributed by atoms with van der Waals surface area (Å²) in [7, 11) is 0. The molecule has 2 nitrogen and oxygen atoms in total. The zero-order chi connectivity index (χ0) is 11.8. The molecule has 0 fully saturated rings. The highest BCUT2D eigenvalue weighted by Gasteiger charge is 2.35. The molecule has 0 saturated carbocycles. The van der Waals surface area contributed by atoms with E-state index in [0.29, 0.717) is 6.07 Å². The number of nitrogens with two attached hydrogens (primary N) is 1. The number of carbonyl (C=O) groups excluding carboxylic acids is 1. The third-order valence-electron chi connectivity index (χ3n) is 1.84. The van der Waals surface area contributed by atoms with Gasteiger partial charge in [-0.25, -0.2) is 4.39 Å². The van der Waals surface area contributed by atoms with Crippen molar-refractivity contribution in [1.82, 2.24) is 0 Å². The molecule has 0 aliphatic rings. The molecule has 1 aromatic carbocycles. The fourth-order valence-electron chi connectivity index (χ4n) is 1.12. The second-order valence-electron chi connectivity index (χ2n) is 3.02. The maximum Gasteiger partial charge on any atom is 0.419 e. The van der Waals surface area contributed by atoms with E-state index in [0.717, 1.165) is 13.0 Å². The van der Waals surface area contributed by atoms with E-state index >= 15 is 0 Å².